The third-order valence-electron chi connectivity index (χ3n) is 8.90. The molecule has 0 spiro atoms. The summed E-state index contributed by atoms with van der Waals surface area (Å²) in [5.41, 5.74) is 2.70. The molecule has 2 aromatic carbocycles. The minimum absolute atomic E-state index is 0.0254. The van der Waals surface area contributed by atoms with Crippen molar-refractivity contribution in [1.29, 1.82) is 0 Å². The second-order valence-corrected chi connectivity index (χ2v) is 13.1. The number of rotatable bonds is 8. The maximum Gasteiger partial charge on any atom is 0.318 e. The van der Waals surface area contributed by atoms with Crippen LogP contribution in [0.2, 0.25) is 5.02 Å². The summed E-state index contributed by atoms with van der Waals surface area (Å²) in [7, 11) is 4.10. The summed E-state index contributed by atoms with van der Waals surface area (Å²) in [6, 6.07) is 9.35. The molecule has 2 fully saturated rings. The van der Waals surface area contributed by atoms with Crippen LogP contribution in [0.15, 0.2) is 43.0 Å². The summed E-state index contributed by atoms with van der Waals surface area (Å²) in [4.78, 5) is 31.1. The van der Waals surface area contributed by atoms with Crippen LogP contribution in [0.1, 0.15) is 25.1 Å². The standard InChI is InChI=1S/C33H40ClFN6O3/c1-6-28(42)41-21(2)14-40(15-22(41)3)31-24-12-13-39(27-9-7-8-23-10-11-25(35)30(34)29(23)27)16-26(24)36-32(37-31)44-20-33(17-38(4)5)18-43-19-33/h6-11,21-22H,1,12-20H2,2-5H3/t21-,22+. The predicted molar refractivity (Wildman–Crippen MR) is 171 cm³/mol. The van der Waals surface area contributed by atoms with Gasteiger partial charge in [0.2, 0.25) is 5.91 Å². The number of fused-ring (bicyclic) bond motifs is 2. The number of nitrogens with zero attached hydrogens (tertiary/aromatic N) is 6. The summed E-state index contributed by atoms with van der Waals surface area (Å²) < 4.78 is 26.5. The van der Waals surface area contributed by atoms with E-state index in [4.69, 9.17) is 31.0 Å². The van der Waals surface area contributed by atoms with E-state index in [0.29, 0.717) is 63.8 Å². The topological polar surface area (TPSA) is 74.3 Å². The number of carbonyl (C=O) groups excluding carboxylic acids is 1. The van der Waals surface area contributed by atoms with E-state index in [1.165, 1.54) is 12.1 Å². The Balaban J connectivity index is 1.36. The average molecular weight is 623 g/mol. The van der Waals surface area contributed by atoms with Crippen molar-refractivity contribution < 1.29 is 18.7 Å². The number of anilines is 2. The molecule has 1 aromatic heterocycles. The molecule has 3 aromatic rings. The van der Waals surface area contributed by atoms with Crippen LogP contribution in [-0.4, -0.2) is 97.9 Å². The summed E-state index contributed by atoms with van der Waals surface area (Å²) in [5.74, 6) is 0.351. The first-order valence-electron chi connectivity index (χ1n) is 15.2. The molecule has 0 radical (unpaired) electrons. The first kappa shape index (κ1) is 30.6. The lowest BCUT2D eigenvalue weighted by Crippen LogP contribution is -2.58. The van der Waals surface area contributed by atoms with Gasteiger partial charge in [-0.2, -0.15) is 9.97 Å². The third kappa shape index (κ3) is 5.71. The molecule has 6 rings (SSSR count). The molecule has 1 amide bonds. The zero-order valence-electron chi connectivity index (χ0n) is 25.9. The molecule has 234 valence electrons. The van der Waals surface area contributed by atoms with Crippen LogP contribution in [0.5, 0.6) is 6.01 Å². The van der Waals surface area contributed by atoms with E-state index < -0.39 is 5.82 Å². The number of carbonyl (C=O) groups is 1. The molecule has 0 unspecified atom stereocenters. The van der Waals surface area contributed by atoms with E-state index in [1.807, 2.05) is 37.2 Å². The molecule has 3 aliphatic rings. The first-order valence-corrected chi connectivity index (χ1v) is 15.5. The fraction of sp³-hybridized carbons (Fsp3) is 0.485. The maximum atomic E-state index is 14.6. The van der Waals surface area contributed by atoms with E-state index in [2.05, 4.69) is 35.1 Å². The van der Waals surface area contributed by atoms with Crippen molar-refractivity contribution in [3.63, 3.8) is 0 Å². The SMILES string of the molecule is C=CC(=O)N1[C@H](C)CN(c2nc(OCC3(CN(C)C)COC3)nc3c2CCN(c2cccc4ccc(F)c(Cl)c24)C3)C[C@@H]1C. The average Bonchev–Trinajstić information content (AvgIpc) is 2.98. The van der Waals surface area contributed by atoms with E-state index in [0.717, 1.165) is 34.7 Å². The van der Waals surface area contributed by atoms with Gasteiger partial charge in [-0.25, -0.2) is 4.39 Å². The quantitative estimate of drug-likeness (QED) is 0.339. The van der Waals surface area contributed by atoms with Crippen LogP contribution in [0.4, 0.5) is 15.9 Å². The van der Waals surface area contributed by atoms with Crippen molar-refractivity contribution in [1.82, 2.24) is 19.8 Å². The molecule has 4 heterocycles. The van der Waals surface area contributed by atoms with Gasteiger partial charge >= 0.3 is 6.01 Å². The summed E-state index contributed by atoms with van der Waals surface area (Å²) >= 11 is 6.51. The van der Waals surface area contributed by atoms with Gasteiger partial charge in [-0.1, -0.05) is 36.4 Å². The van der Waals surface area contributed by atoms with Crippen molar-refractivity contribution in [2.45, 2.75) is 38.9 Å². The number of piperazine rings is 1. The van der Waals surface area contributed by atoms with Gasteiger partial charge in [0.1, 0.15) is 18.2 Å². The lowest BCUT2D eigenvalue weighted by Gasteiger charge is -2.45. The Morgan fingerprint density at radius 2 is 1.93 bits per heavy atom. The Hall–Kier alpha value is -3.47. The summed E-state index contributed by atoms with van der Waals surface area (Å²) in [5, 5.41) is 1.71. The first-order chi connectivity index (χ1) is 21.1. The molecular weight excluding hydrogens is 583 g/mol. The molecule has 3 aliphatic heterocycles. The van der Waals surface area contributed by atoms with Crippen molar-refractivity contribution in [2.24, 2.45) is 5.41 Å². The van der Waals surface area contributed by atoms with Crippen LogP contribution in [-0.2, 0) is 22.5 Å². The summed E-state index contributed by atoms with van der Waals surface area (Å²) in [6.45, 7) is 12.8. The number of hydrogen-bond donors (Lipinski definition) is 0. The molecule has 0 aliphatic carbocycles. The van der Waals surface area contributed by atoms with Gasteiger partial charge in [0.15, 0.2) is 0 Å². The molecule has 11 heteroatoms. The van der Waals surface area contributed by atoms with Gasteiger partial charge < -0.3 is 29.1 Å². The van der Waals surface area contributed by atoms with Crippen molar-refractivity contribution in [3.05, 3.63) is 65.1 Å². The van der Waals surface area contributed by atoms with Gasteiger partial charge in [0.05, 0.1) is 35.9 Å². The van der Waals surface area contributed by atoms with Crippen LogP contribution in [0, 0.1) is 11.2 Å². The molecule has 0 N–H and O–H groups in total. The molecule has 0 saturated carbocycles. The minimum Gasteiger partial charge on any atom is -0.463 e. The Labute approximate surface area is 263 Å². The van der Waals surface area contributed by atoms with Gasteiger partial charge in [-0.05, 0) is 58.0 Å². The molecular formula is C33H40ClFN6O3. The van der Waals surface area contributed by atoms with Crippen LogP contribution in [0.3, 0.4) is 0 Å². The number of benzene rings is 2. The van der Waals surface area contributed by atoms with Crippen LogP contribution in [0.25, 0.3) is 10.8 Å². The Bertz CT molecular complexity index is 1570. The van der Waals surface area contributed by atoms with E-state index >= 15 is 0 Å². The highest BCUT2D eigenvalue weighted by atomic mass is 35.5. The maximum absolute atomic E-state index is 14.6. The monoisotopic (exact) mass is 622 g/mol. The Kier molecular flexibility index (Phi) is 8.43. The highest BCUT2D eigenvalue weighted by Crippen LogP contribution is 2.39. The molecule has 0 bridgehead atoms. The zero-order valence-corrected chi connectivity index (χ0v) is 26.6. The highest BCUT2D eigenvalue weighted by Gasteiger charge is 2.41. The smallest absolute Gasteiger partial charge is 0.318 e. The van der Waals surface area contributed by atoms with E-state index in [9.17, 15) is 9.18 Å². The fourth-order valence-electron chi connectivity index (χ4n) is 7.01. The van der Waals surface area contributed by atoms with E-state index in [1.54, 1.807) is 6.07 Å². The third-order valence-corrected chi connectivity index (χ3v) is 9.27. The number of ether oxygens (including phenoxy) is 2. The van der Waals surface area contributed by atoms with Crippen molar-refractivity contribution in [2.75, 3.05) is 69.9 Å². The highest BCUT2D eigenvalue weighted by molar-refractivity contribution is 6.36. The summed E-state index contributed by atoms with van der Waals surface area (Å²) in [6.07, 6.45) is 2.08. The lowest BCUT2D eigenvalue weighted by atomic mass is 9.86. The van der Waals surface area contributed by atoms with Crippen LogP contribution >= 0.6 is 11.6 Å². The van der Waals surface area contributed by atoms with Gasteiger partial charge in [0, 0.05) is 54.9 Å². The van der Waals surface area contributed by atoms with Gasteiger partial charge in [0.25, 0.3) is 0 Å². The molecule has 2 saturated heterocycles. The number of hydrogen-bond acceptors (Lipinski definition) is 8. The predicted octanol–water partition coefficient (Wildman–Crippen LogP) is 4.55. The normalized spacial score (nSPS) is 21.3. The second kappa shape index (κ2) is 12.1. The minimum atomic E-state index is -0.437. The number of aromatic nitrogens is 2. The zero-order chi connectivity index (χ0) is 31.2. The Morgan fingerprint density at radius 3 is 2.59 bits per heavy atom. The molecule has 2 atom stereocenters. The fourth-order valence-corrected chi connectivity index (χ4v) is 7.28. The lowest BCUT2D eigenvalue weighted by molar-refractivity contribution is -0.140. The van der Waals surface area contributed by atoms with Gasteiger partial charge in [-0.15, -0.1) is 0 Å². The van der Waals surface area contributed by atoms with E-state index in [-0.39, 0.29) is 28.4 Å². The van der Waals surface area contributed by atoms with Gasteiger partial charge in [-0.3, -0.25) is 4.79 Å². The largest absolute Gasteiger partial charge is 0.463 e. The van der Waals surface area contributed by atoms with Crippen molar-refractivity contribution >= 4 is 39.8 Å². The second-order valence-electron chi connectivity index (χ2n) is 12.7. The van der Waals surface area contributed by atoms with Crippen molar-refractivity contribution in [3.8, 4) is 6.01 Å². The van der Waals surface area contributed by atoms with Crippen LogP contribution < -0.4 is 14.5 Å². The number of halogens is 2. The Morgan fingerprint density at radius 1 is 1.18 bits per heavy atom. The number of amides is 1. The molecule has 9 nitrogen and oxygen atoms in total. The molecule has 44 heavy (non-hydrogen) atoms.